The van der Waals surface area contributed by atoms with Crippen molar-refractivity contribution in [3.05, 3.63) is 0 Å². The van der Waals surface area contributed by atoms with Crippen LogP contribution in [-0.4, -0.2) is 17.4 Å². The molecule has 1 aliphatic carbocycles. The molecular weight excluding hydrogens is 157 g/mol. The first kappa shape index (κ1) is 8.84. The number of alkyl halides is 3. The Morgan fingerprint density at radius 2 is 1.82 bits per heavy atom. The van der Waals surface area contributed by atoms with Gasteiger partial charge in [0.25, 0.3) is 0 Å². The van der Waals surface area contributed by atoms with E-state index in [0.717, 1.165) is 0 Å². The minimum Gasteiger partial charge on any atom is -0.393 e. The summed E-state index contributed by atoms with van der Waals surface area (Å²) in [7, 11) is 0. The van der Waals surface area contributed by atoms with E-state index in [1.807, 2.05) is 0 Å². The standard InChI is InChI=1S/C7H11F3O/c8-7(9,10)5-2-1-3-6(11)4-5/h5-6,11H,1-4H2/t5-,6?/m0/s1. The lowest BCUT2D eigenvalue weighted by Gasteiger charge is -2.27. The van der Waals surface area contributed by atoms with Gasteiger partial charge in [0, 0.05) is 0 Å². The van der Waals surface area contributed by atoms with Crippen molar-refractivity contribution in [2.24, 2.45) is 5.92 Å². The van der Waals surface area contributed by atoms with Crippen molar-refractivity contribution in [2.45, 2.75) is 38.0 Å². The van der Waals surface area contributed by atoms with Crippen LogP contribution in [0.5, 0.6) is 0 Å². The first-order valence-corrected chi connectivity index (χ1v) is 3.75. The molecule has 1 rings (SSSR count). The van der Waals surface area contributed by atoms with Crippen LogP contribution in [0.15, 0.2) is 0 Å². The first-order chi connectivity index (χ1) is 5.00. The molecule has 0 aliphatic heterocycles. The van der Waals surface area contributed by atoms with Crippen LogP contribution in [0.4, 0.5) is 13.2 Å². The highest BCUT2D eigenvalue weighted by atomic mass is 19.4. The van der Waals surface area contributed by atoms with Crippen LogP contribution in [0.3, 0.4) is 0 Å². The maximum atomic E-state index is 12.0. The Kier molecular flexibility index (Phi) is 2.42. The van der Waals surface area contributed by atoms with E-state index in [1.165, 1.54) is 0 Å². The second-order valence-corrected chi connectivity index (χ2v) is 3.06. The van der Waals surface area contributed by atoms with Crippen molar-refractivity contribution in [1.82, 2.24) is 0 Å². The van der Waals surface area contributed by atoms with Gasteiger partial charge >= 0.3 is 6.18 Å². The van der Waals surface area contributed by atoms with Gasteiger partial charge in [-0.3, -0.25) is 0 Å². The Morgan fingerprint density at radius 1 is 1.18 bits per heavy atom. The van der Waals surface area contributed by atoms with E-state index < -0.39 is 18.2 Å². The normalized spacial score (nSPS) is 33.8. The van der Waals surface area contributed by atoms with Crippen molar-refractivity contribution in [3.8, 4) is 0 Å². The largest absolute Gasteiger partial charge is 0.393 e. The summed E-state index contributed by atoms with van der Waals surface area (Å²) in [6, 6.07) is 0. The number of hydrogen-bond donors (Lipinski definition) is 1. The van der Waals surface area contributed by atoms with Crippen molar-refractivity contribution >= 4 is 0 Å². The molecule has 0 saturated heterocycles. The van der Waals surface area contributed by atoms with Gasteiger partial charge in [-0.1, -0.05) is 6.42 Å². The lowest BCUT2D eigenvalue weighted by Crippen LogP contribution is -2.30. The topological polar surface area (TPSA) is 20.2 Å². The molecule has 0 spiro atoms. The second kappa shape index (κ2) is 3.01. The summed E-state index contributed by atoms with van der Waals surface area (Å²) in [6.07, 6.45) is -3.76. The number of rotatable bonds is 0. The molecule has 0 heterocycles. The van der Waals surface area contributed by atoms with Crippen molar-refractivity contribution in [3.63, 3.8) is 0 Å². The summed E-state index contributed by atoms with van der Waals surface area (Å²) >= 11 is 0. The maximum Gasteiger partial charge on any atom is 0.391 e. The Morgan fingerprint density at radius 3 is 2.18 bits per heavy atom. The Balaban J connectivity index is 2.46. The molecule has 11 heavy (non-hydrogen) atoms. The van der Waals surface area contributed by atoms with E-state index in [1.54, 1.807) is 0 Å². The Labute approximate surface area is 63.2 Å². The third-order valence-corrected chi connectivity index (χ3v) is 2.11. The lowest BCUT2D eigenvalue weighted by molar-refractivity contribution is -0.189. The van der Waals surface area contributed by atoms with Crippen LogP contribution in [0.1, 0.15) is 25.7 Å². The highest BCUT2D eigenvalue weighted by Gasteiger charge is 2.41. The van der Waals surface area contributed by atoms with E-state index in [-0.39, 0.29) is 12.8 Å². The van der Waals surface area contributed by atoms with Gasteiger partial charge < -0.3 is 5.11 Å². The molecule has 1 saturated carbocycles. The quantitative estimate of drug-likeness (QED) is 0.587. The minimum atomic E-state index is -4.11. The summed E-state index contributed by atoms with van der Waals surface area (Å²) in [5.41, 5.74) is 0. The van der Waals surface area contributed by atoms with Crippen molar-refractivity contribution in [2.75, 3.05) is 0 Å². The molecule has 1 aliphatic rings. The van der Waals surface area contributed by atoms with Crippen molar-refractivity contribution < 1.29 is 18.3 Å². The molecule has 1 nitrogen and oxygen atoms in total. The monoisotopic (exact) mass is 168 g/mol. The van der Waals surface area contributed by atoms with Gasteiger partial charge in [0.1, 0.15) is 0 Å². The van der Waals surface area contributed by atoms with E-state index in [4.69, 9.17) is 5.11 Å². The fourth-order valence-electron chi connectivity index (χ4n) is 1.46. The molecule has 1 N–H and O–H groups in total. The molecule has 1 fully saturated rings. The predicted molar refractivity (Wildman–Crippen MR) is 34.0 cm³/mol. The zero-order valence-corrected chi connectivity index (χ0v) is 6.06. The second-order valence-electron chi connectivity index (χ2n) is 3.06. The third-order valence-electron chi connectivity index (χ3n) is 2.11. The van der Waals surface area contributed by atoms with Gasteiger partial charge in [-0.05, 0) is 19.3 Å². The highest BCUT2D eigenvalue weighted by Crippen LogP contribution is 2.37. The van der Waals surface area contributed by atoms with Crippen LogP contribution in [0.2, 0.25) is 0 Å². The summed E-state index contributed by atoms with van der Waals surface area (Å²) < 4.78 is 36.0. The van der Waals surface area contributed by atoms with Crippen LogP contribution in [0, 0.1) is 5.92 Å². The van der Waals surface area contributed by atoms with Gasteiger partial charge in [-0.15, -0.1) is 0 Å². The number of halogens is 3. The van der Waals surface area contributed by atoms with Crippen molar-refractivity contribution in [1.29, 1.82) is 0 Å². The summed E-state index contributed by atoms with van der Waals surface area (Å²) in [5, 5.41) is 8.94. The average Bonchev–Trinajstić information content (AvgIpc) is 1.86. The predicted octanol–water partition coefficient (Wildman–Crippen LogP) is 2.10. The van der Waals surface area contributed by atoms with Crippen LogP contribution in [-0.2, 0) is 0 Å². The zero-order chi connectivity index (χ0) is 8.48. The number of aliphatic hydroxyl groups excluding tert-OH is 1. The van der Waals surface area contributed by atoms with Crippen LogP contribution in [0.25, 0.3) is 0 Å². The molecule has 4 heteroatoms. The lowest BCUT2D eigenvalue weighted by atomic mass is 9.87. The first-order valence-electron chi connectivity index (χ1n) is 3.75. The Hall–Kier alpha value is -0.250. The van der Waals surface area contributed by atoms with E-state index in [9.17, 15) is 13.2 Å². The highest BCUT2D eigenvalue weighted by molar-refractivity contribution is 4.76. The molecule has 0 aromatic rings. The molecule has 0 amide bonds. The average molecular weight is 168 g/mol. The summed E-state index contributed by atoms with van der Waals surface area (Å²) in [6.45, 7) is 0. The summed E-state index contributed by atoms with van der Waals surface area (Å²) in [5.74, 6) is -1.27. The van der Waals surface area contributed by atoms with Gasteiger partial charge in [-0.2, -0.15) is 13.2 Å². The minimum absolute atomic E-state index is 0.108. The zero-order valence-electron chi connectivity index (χ0n) is 6.06. The number of aliphatic hydroxyl groups is 1. The fraction of sp³-hybridized carbons (Fsp3) is 1.00. The molecular formula is C7H11F3O. The van der Waals surface area contributed by atoms with Gasteiger partial charge in [0.05, 0.1) is 12.0 Å². The van der Waals surface area contributed by atoms with E-state index in [0.29, 0.717) is 12.8 Å². The Bertz CT molecular complexity index is 132. The molecule has 1 unspecified atom stereocenters. The SMILES string of the molecule is OC1CCC[C@H](C(F)(F)F)C1. The summed E-state index contributed by atoms with van der Waals surface area (Å²) in [4.78, 5) is 0. The smallest absolute Gasteiger partial charge is 0.391 e. The molecule has 0 bridgehead atoms. The number of hydrogen-bond acceptors (Lipinski definition) is 1. The fourth-order valence-corrected chi connectivity index (χ4v) is 1.46. The van der Waals surface area contributed by atoms with Gasteiger partial charge in [0.15, 0.2) is 0 Å². The third kappa shape index (κ3) is 2.36. The van der Waals surface area contributed by atoms with Gasteiger partial charge in [-0.25, -0.2) is 0 Å². The van der Waals surface area contributed by atoms with E-state index in [2.05, 4.69) is 0 Å². The maximum absolute atomic E-state index is 12.0. The molecule has 0 radical (unpaired) electrons. The van der Waals surface area contributed by atoms with Crippen LogP contribution < -0.4 is 0 Å². The van der Waals surface area contributed by atoms with Crippen LogP contribution >= 0.6 is 0 Å². The van der Waals surface area contributed by atoms with E-state index >= 15 is 0 Å². The molecule has 2 atom stereocenters. The molecule has 0 aromatic heterocycles. The molecule has 0 aromatic carbocycles. The van der Waals surface area contributed by atoms with Gasteiger partial charge in [0.2, 0.25) is 0 Å². The molecule has 66 valence electrons.